The average molecular weight is 287 g/mol. The highest BCUT2D eigenvalue weighted by molar-refractivity contribution is 7.98. The monoisotopic (exact) mass is 286 g/mol. The Balaban J connectivity index is 0.00000162. The van der Waals surface area contributed by atoms with Crippen molar-refractivity contribution in [1.29, 1.82) is 0 Å². The van der Waals surface area contributed by atoms with Crippen molar-refractivity contribution < 1.29 is 0 Å². The quantitative estimate of drug-likeness (QED) is 0.844. The molecule has 2 nitrogen and oxygen atoms in total. The van der Waals surface area contributed by atoms with E-state index < -0.39 is 0 Å². The number of nitrogens with two attached hydrogens (primary N) is 1. The smallest absolute Gasteiger partial charge is 0.0206 e. The van der Waals surface area contributed by atoms with E-state index in [1.54, 1.807) is 0 Å². The van der Waals surface area contributed by atoms with Gasteiger partial charge in [-0.05, 0) is 11.5 Å². The van der Waals surface area contributed by atoms with Gasteiger partial charge in [0, 0.05) is 37.2 Å². The summed E-state index contributed by atoms with van der Waals surface area (Å²) in [6.07, 6.45) is 0. The highest BCUT2D eigenvalue weighted by Crippen LogP contribution is 2.16. The van der Waals surface area contributed by atoms with Crippen LogP contribution in [0.3, 0.4) is 0 Å². The van der Waals surface area contributed by atoms with E-state index in [0.29, 0.717) is 12.0 Å². The van der Waals surface area contributed by atoms with Gasteiger partial charge >= 0.3 is 0 Å². The molecule has 0 radical (unpaired) electrons. The van der Waals surface area contributed by atoms with E-state index >= 15 is 0 Å². The zero-order valence-electron chi connectivity index (χ0n) is 10.9. The molecular weight excluding hydrogens is 264 g/mol. The molecule has 2 atom stereocenters. The van der Waals surface area contributed by atoms with Gasteiger partial charge in [-0.3, -0.25) is 0 Å². The molecule has 0 aromatic heterocycles. The summed E-state index contributed by atoms with van der Waals surface area (Å²) in [6.45, 7) is 5.68. The summed E-state index contributed by atoms with van der Waals surface area (Å²) in [6, 6.07) is 11.1. The summed E-state index contributed by atoms with van der Waals surface area (Å²) >= 11 is 2.01. The SMILES string of the molecule is CC1CN(CCSCc2ccccc2)CC1N.Cl. The van der Waals surface area contributed by atoms with Gasteiger partial charge in [-0.15, -0.1) is 12.4 Å². The van der Waals surface area contributed by atoms with Crippen molar-refractivity contribution in [2.45, 2.75) is 18.7 Å². The first-order chi connectivity index (χ1) is 8.25. The van der Waals surface area contributed by atoms with E-state index in [9.17, 15) is 0 Å². The van der Waals surface area contributed by atoms with Gasteiger partial charge in [0.1, 0.15) is 0 Å². The Kier molecular flexibility index (Phi) is 7.08. The van der Waals surface area contributed by atoms with E-state index in [4.69, 9.17) is 5.73 Å². The zero-order chi connectivity index (χ0) is 12.1. The van der Waals surface area contributed by atoms with Crippen LogP contribution in [0.5, 0.6) is 0 Å². The molecule has 1 aromatic rings. The van der Waals surface area contributed by atoms with Crippen molar-refractivity contribution in [3.05, 3.63) is 35.9 Å². The molecule has 102 valence electrons. The molecule has 0 saturated carbocycles. The second kappa shape index (κ2) is 8.05. The van der Waals surface area contributed by atoms with Gasteiger partial charge in [0.05, 0.1) is 0 Å². The molecule has 1 fully saturated rings. The van der Waals surface area contributed by atoms with Crippen LogP contribution < -0.4 is 5.73 Å². The number of benzene rings is 1. The highest BCUT2D eigenvalue weighted by atomic mass is 35.5. The molecule has 1 aliphatic rings. The van der Waals surface area contributed by atoms with E-state index in [0.717, 1.165) is 12.3 Å². The van der Waals surface area contributed by atoms with Crippen LogP contribution >= 0.6 is 24.2 Å². The number of halogens is 1. The first kappa shape index (κ1) is 15.8. The minimum atomic E-state index is 0. The predicted molar refractivity (Wildman–Crippen MR) is 83.4 cm³/mol. The Morgan fingerprint density at radius 1 is 1.28 bits per heavy atom. The van der Waals surface area contributed by atoms with Crippen LogP contribution in [-0.2, 0) is 5.75 Å². The van der Waals surface area contributed by atoms with Crippen molar-refractivity contribution >= 4 is 24.2 Å². The fourth-order valence-electron chi connectivity index (χ4n) is 2.24. The normalized spacial score (nSPS) is 23.9. The van der Waals surface area contributed by atoms with Gasteiger partial charge in [-0.2, -0.15) is 11.8 Å². The van der Waals surface area contributed by atoms with Crippen molar-refractivity contribution in [1.82, 2.24) is 4.90 Å². The third-order valence-electron chi connectivity index (χ3n) is 3.41. The number of hydrogen-bond donors (Lipinski definition) is 1. The van der Waals surface area contributed by atoms with Gasteiger partial charge in [0.2, 0.25) is 0 Å². The highest BCUT2D eigenvalue weighted by Gasteiger charge is 2.25. The number of thioether (sulfide) groups is 1. The van der Waals surface area contributed by atoms with E-state index in [1.807, 2.05) is 11.8 Å². The molecule has 1 saturated heterocycles. The van der Waals surface area contributed by atoms with Gasteiger partial charge < -0.3 is 10.6 Å². The summed E-state index contributed by atoms with van der Waals surface area (Å²) in [4.78, 5) is 2.49. The van der Waals surface area contributed by atoms with Crippen LogP contribution in [0.2, 0.25) is 0 Å². The predicted octanol–water partition coefficient (Wildman–Crippen LogP) is 2.62. The second-order valence-electron chi connectivity index (χ2n) is 4.94. The van der Waals surface area contributed by atoms with E-state index in [1.165, 1.54) is 24.4 Å². The maximum Gasteiger partial charge on any atom is 0.0206 e. The zero-order valence-corrected chi connectivity index (χ0v) is 12.6. The Morgan fingerprint density at radius 3 is 2.61 bits per heavy atom. The standard InChI is InChI=1S/C14H22N2S.ClH/c1-12-9-16(10-14(12)15)7-8-17-11-13-5-3-2-4-6-13;/h2-6,12,14H,7-11,15H2,1H3;1H. The Bertz CT molecular complexity index is 324. The summed E-state index contributed by atoms with van der Waals surface area (Å²) in [7, 11) is 0. The summed E-state index contributed by atoms with van der Waals surface area (Å²) < 4.78 is 0. The number of nitrogens with zero attached hydrogens (tertiary/aromatic N) is 1. The average Bonchev–Trinajstić information content (AvgIpc) is 2.66. The lowest BCUT2D eigenvalue weighted by molar-refractivity contribution is 0.348. The first-order valence-corrected chi connectivity index (χ1v) is 7.51. The van der Waals surface area contributed by atoms with E-state index in [2.05, 4.69) is 42.2 Å². The van der Waals surface area contributed by atoms with Crippen molar-refractivity contribution in [2.75, 3.05) is 25.4 Å². The molecule has 0 bridgehead atoms. The third kappa shape index (κ3) is 4.81. The van der Waals surface area contributed by atoms with Crippen LogP contribution in [-0.4, -0.2) is 36.3 Å². The summed E-state index contributed by atoms with van der Waals surface area (Å²) in [5.74, 6) is 2.99. The Hall–Kier alpha value is -0.220. The van der Waals surface area contributed by atoms with Gasteiger partial charge in [0.15, 0.2) is 0 Å². The molecule has 1 aliphatic heterocycles. The summed E-state index contributed by atoms with van der Waals surface area (Å²) in [5, 5.41) is 0. The lowest BCUT2D eigenvalue weighted by atomic mass is 10.1. The Labute approximate surface area is 121 Å². The molecule has 2 unspecified atom stereocenters. The molecule has 0 aliphatic carbocycles. The first-order valence-electron chi connectivity index (χ1n) is 6.35. The van der Waals surface area contributed by atoms with Crippen molar-refractivity contribution in [3.8, 4) is 0 Å². The maximum atomic E-state index is 6.02. The number of rotatable bonds is 5. The van der Waals surface area contributed by atoms with Crippen LogP contribution in [0.25, 0.3) is 0 Å². The molecule has 18 heavy (non-hydrogen) atoms. The molecule has 0 spiro atoms. The van der Waals surface area contributed by atoms with Crippen LogP contribution in [0.1, 0.15) is 12.5 Å². The third-order valence-corrected chi connectivity index (χ3v) is 4.42. The maximum absolute atomic E-state index is 6.02. The summed E-state index contributed by atoms with van der Waals surface area (Å²) in [5.41, 5.74) is 7.44. The molecular formula is C14H23ClN2S. The van der Waals surface area contributed by atoms with Crippen LogP contribution in [0, 0.1) is 5.92 Å². The van der Waals surface area contributed by atoms with Gasteiger partial charge in [0.25, 0.3) is 0 Å². The van der Waals surface area contributed by atoms with Crippen LogP contribution in [0.15, 0.2) is 30.3 Å². The fourth-order valence-corrected chi connectivity index (χ4v) is 3.20. The molecule has 4 heteroatoms. The van der Waals surface area contributed by atoms with Crippen molar-refractivity contribution in [2.24, 2.45) is 11.7 Å². The molecule has 1 aromatic carbocycles. The number of likely N-dealkylation sites (tertiary alicyclic amines) is 1. The minimum Gasteiger partial charge on any atom is -0.326 e. The molecule has 2 rings (SSSR count). The molecule has 1 heterocycles. The minimum absolute atomic E-state index is 0. The Morgan fingerprint density at radius 2 is 2.00 bits per heavy atom. The topological polar surface area (TPSA) is 29.3 Å². The van der Waals surface area contributed by atoms with Crippen LogP contribution in [0.4, 0.5) is 0 Å². The van der Waals surface area contributed by atoms with Gasteiger partial charge in [-0.1, -0.05) is 37.3 Å². The second-order valence-corrected chi connectivity index (χ2v) is 6.04. The number of hydrogen-bond acceptors (Lipinski definition) is 3. The lowest BCUT2D eigenvalue weighted by Crippen LogP contribution is -2.29. The molecule has 0 amide bonds. The fraction of sp³-hybridized carbons (Fsp3) is 0.571. The van der Waals surface area contributed by atoms with Crippen molar-refractivity contribution in [3.63, 3.8) is 0 Å². The molecule has 2 N–H and O–H groups in total. The van der Waals surface area contributed by atoms with E-state index in [-0.39, 0.29) is 12.4 Å². The lowest BCUT2D eigenvalue weighted by Gasteiger charge is -2.14. The largest absolute Gasteiger partial charge is 0.326 e. The van der Waals surface area contributed by atoms with Gasteiger partial charge in [-0.25, -0.2) is 0 Å².